The highest BCUT2D eigenvalue weighted by Crippen LogP contribution is 2.41. The average Bonchev–Trinajstić information content (AvgIpc) is 3.35. The molecule has 0 spiro atoms. The second-order valence-electron chi connectivity index (χ2n) is 5.88. The highest BCUT2D eigenvalue weighted by atomic mass is 19.3. The largest absolute Gasteiger partial charge is 0.481 e. The van der Waals surface area contributed by atoms with E-state index in [2.05, 4.69) is 4.74 Å². The third-order valence-electron chi connectivity index (χ3n) is 4.26. The van der Waals surface area contributed by atoms with Crippen LogP contribution in [0.2, 0.25) is 0 Å². The molecule has 0 aromatic heterocycles. The Hall–Kier alpha value is -2.22. The van der Waals surface area contributed by atoms with Crippen LogP contribution >= 0.6 is 0 Å². The van der Waals surface area contributed by atoms with Gasteiger partial charge in [-0.3, -0.25) is 9.59 Å². The first-order valence-corrected chi connectivity index (χ1v) is 7.63. The highest BCUT2D eigenvalue weighted by molar-refractivity contribution is 5.89. The zero-order valence-electron chi connectivity index (χ0n) is 12.7. The predicted octanol–water partition coefficient (Wildman–Crippen LogP) is 1.91. The molecule has 1 N–H and O–H groups in total. The normalized spacial score (nSPS) is 26.3. The number of halogens is 2. The molecule has 1 saturated carbocycles. The number of carboxylic acids is 1. The Morgan fingerprint density at radius 3 is 2.79 bits per heavy atom. The van der Waals surface area contributed by atoms with Crippen molar-refractivity contribution in [2.45, 2.75) is 19.1 Å². The van der Waals surface area contributed by atoms with Crippen molar-refractivity contribution in [2.24, 2.45) is 11.8 Å². The van der Waals surface area contributed by atoms with Gasteiger partial charge in [-0.1, -0.05) is 12.1 Å². The molecule has 0 radical (unpaired) electrons. The molecule has 1 aliphatic heterocycles. The molecule has 24 heavy (non-hydrogen) atoms. The number of carbonyl (C=O) groups is 2. The van der Waals surface area contributed by atoms with Crippen molar-refractivity contribution in [3.8, 4) is 5.75 Å². The number of hydrogen-bond donors (Lipinski definition) is 1. The SMILES string of the molecule is O=C(O)C1CC1C(=O)N1CCOC(c2cccc(OC(F)F)c2)C1. The second-order valence-corrected chi connectivity index (χ2v) is 5.88. The summed E-state index contributed by atoms with van der Waals surface area (Å²) in [5.74, 6) is -2.16. The zero-order chi connectivity index (χ0) is 17.3. The molecule has 130 valence electrons. The van der Waals surface area contributed by atoms with E-state index in [0.717, 1.165) is 0 Å². The molecule has 2 aliphatic rings. The van der Waals surface area contributed by atoms with Gasteiger partial charge >= 0.3 is 12.6 Å². The number of aliphatic carboxylic acids is 1. The molecule has 1 aromatic rings. The molecule has 3 unspecified atom stereocenters. The molecular formula is C16H17F2NO5. The molecule has 3 rings (SSSR count). The van der Waals surface area contributed by atoms with Crippen LogP contribution in [0.15, 0.2) is 24.3 Å². The standard InChI is InChI=1S/C16H17F2NO5/c17-16(18)24-10-3-1-2-9(6-10)13-8-19(4-5-23-13)14(20)11-7-12(11)15(21)22/h1-3,6,11-13,16H,4-5,7-8H2,(H,21,22). The van der Waals surface area contributed by atoms with Crippen LogP contribution < -0.4 is 4.74 Å². The lowest BCUT2D eigenvalue weighted by atomic mass is 10.1. The molecule has 0 bridgehead atoms. The minimum absolute atomic E-state index is 0.0303. The van der Waals surface area contributed by atoms with Gasteiger partial charge in [0.25, 0.3) is 0 Å². The molecule has 8 heteroatoms. The minimum Gasteiger partial charge on any atom is -0.481 e. The number of alkyl halides is 2. The molecule has 1 amide bonds. The summed E-state index contributed by atoms with van der Waals surface area (Å²) >= 11 is 0. The average molecular weight is 341 g/mol. The summed E-state index contributed by atoms with van der Waals surface area (Å²) in [6, 6.07) is 6.18. The smallest absolute Gasteiger partial charge is 0.387 e. The van der Waals surface area contributed by atoms with Crippen LogP contribution in [0.4, 0.5) is 8.78 Å². The van der Waals surface area contributed by atoms with Gasteiger partial charge in [0.1, 0.15) is 11.9 Å². The number of morpholine rings is 1. The van der Waals surface area contributed by atoms with Gasteiger partial charge in [0.05, 0.1) is 25.0 Å². The topological polar surface area (TPSA) is 76.1 Å². The van der Waals surface area contributed by atoms with E-state index in [-0.39, 0.29) is 18.2 Å². The Bertz CT molecular complexity index is 639. The maximum absolute atomic E-state index is 12.3. The van der Waals surface area contributed by atoms with E-state index in [9.17, 15) is 18.4 Å². The third-order valence-corrected chi connectivity index (χ3v) is 4.26. The van der Waals surface area contributed by atoms with Crippen molar-refractivity contribution in [1.82, 2.24) is 4.90 Å². The Morgan fingerprint density at radius 1 is 1.33 bits per heavy atom. The zero-order valence-corrected chi connectivity index (χ0v) is 12.7. The van der Waals surface area contributed by atoms with Gasteiger partial charge in [0.2, 0.25) is 5.91 Å². The minimum atomic E-state index is -2.91. The van der Waals surface area contributed by atoms with Gasteiger partial charge in [0.15, 0.2) is 0 Å². The van der Waals surface area contributed by atoms with Crippen molar-refractivity contribution in [3.63, 3.8) is 0 Å². The van der Waals surface area contributed by atoms with E-state index in [0.29, 0.717) is 25.1 Å². The van der Waals surface area contributed by atoms with Gasteiger partial charge in [-0.05, 0) is 24.1 Å². The summed E-state index contributed by atoms with van der Waals surface area (Å²) in [5, 5.41) is 8.93. The van der Waals surface area contributed by atoms with Gasteiger partial charge in [0, 0.05) is 6.54 Å². The number of ether oxygens (including phenoxy) is 2. The quantitative estimate of drug-likeness (QED) is 0.885. The van der Waals surface area contributed by atoms with Crippen molar-refractivity contribution >= 4 is 11.9 Å². The van der Waals surface area contributed by atoms with Crippen LogP contribution in [0.3, 0.4) is 0 Å². The first kappa shape index (κ1) is 16.6. The Labute approximate surface area is 137 Å². The lowest BCUT2D eigenvalue weighted by molar-refractivity contribution is -0.145. The van der Waals surface area contributed by atoms with Crippen LogP contribution in [0.25, 0.3) is 0 Å². The lowest BCUT2D eigenvalue weighted by Gasteiger charge is -2.33. The van der Waals surface area contributed by atoms with Crippen LogP contribution in [-0.4, -0.2) is 48.2 Å². The van der Waals surface area contributed by atoms with Gasteiger partial charge in [-0.25, -0.2) is 0 Å². The summed E-state index contributed by atoms with van der Waals surface area (Å²) in [6.45, 7) is -1.94. The van der Waals surface area contributed by atoms with Crippen LogP contribution in [0, 0.1) is 11.8 Å². The van der Waals surface area contributed by atoms with E-state index in [1.165, 1.54) is 12.1 Å². The molecule has 6 nitrogen and oxygen atoms in total. The fourth-order valence-corrected chi connectivity index (χ4v) is 2.92. The van der Waals surface area contributed by atoms with Crippen LogP contribution in [-0.2, 0) is 14.3 Å². The molecule has 1 aromatic carbocycles. The van der Waals surface area contributed by atoms with Gasteiger partial charge in [-0.2, -0.15) is 8.78 Å². The fourth-order valence-electron chi connectivity index (χ4n) is 2.92. The van der Waals surface area contributed by atoms with Crippen molar-refractivity contribution in [3.05, 3.63) is 29.8 Å². The maximum atomic E-state index is 12.3. The van der Waals surface area contributed by atoms with Crippen molar-refractivity contribution in [2.75, 3.05) is 19.7 Å². The monoisotopic (exact) mass is 341 g/mol. The Morgan fingerprint density at radius 2 is 2.12 bits per heavy atom. The first-order valence-electron chi connectivity index (χ1n) is 7.63. The van der Waals surface area contributed by atoms with E-state index >= 15 is 0 Å². The molecule has 1 heterocycles. The predicted molar refractivity (Wildman–Crippen MR) is 77.6 cm³/mol. The lowest BCUT2D eigenvalue weighted by Crippen LogP contribution is -2.43. The fraction of sp³-hybridized carbons (Fsp3) is 0.500. The first-order chi connectivity index (χ1) is 11.5. The van der Waals surface area contributed by atoms with E-state index in [4.69, 9.17) is 9.84 Å². The summed E-state index contributed by atoms with van der Waals surface area (Å²) in [6.07, 6.45) is -0.0839. The number of carbonyl (C=O) groups excluding carboxylic acids is 1. The van der Waals surface area contributed by atoms with Crippen molar-refractivity contribution in [1.29, 1.82) is 0 Å². The van der Waals surface area contributed by atoms with Gasteiger partial charge in [-0.15, -0.1) is 0 Å². The molecule has 3 atom stereocenters. The van der Waals surface area contributed by atoms with E-state index in [1.54, 1.807) is 17.0 Å². The number of benzene rings is 1. The Balaban J connectivity index is 1.65. The summed E-state index contributed by atoms with van der Waals surface area (Å²) in [7, 11) is 0. The third kappa shape index (κ3) is 3.64. The van der Waals surface area contributed by atoms with Crippen molar-refractivity contribution < 1.29 is 33.0 Å². The summed E-state index contributed by atoms with van der Waals surface area (Å²) in [5.41, 5.74) is 0.635. The van der Waals surface area contributed by atoms with Crippen LogP contribution in [0.5, 0.6) is 5.75 Å². The Kier molecular flexibility index (Phi) is 4.66. The molecule has 1 aliphatic carbocycles. The number of hydrogen-bond acceptors (Lipinski definition) is 4. The number of rotatable bonds is 5. The van der Waals surface area contributed by atoms with E-state index < -0.39 is 30.5 Å². The maximum Gasteiger partial charge on any atom is 0.387 e. The van der Waals surface area contributed by atoms with Crippen LogP contribution in [0.1, 0.15) is 18.1 Å². The molecule has 2 fully saturated rings. The number of nitrogens with zero attached hydrogens (tertiary/aromatic N) is 1. The summed E-state index contributed by atoms with van der Waals surface area (Å²) in [4.78, 5) is 24.8. The second kappa shape index (κ2) is 6.72. The highest BCUT2D eigenvalue weighted by Gasteiger charge is 2.50. The van der Waals surface area contributed by atoms with Gasteiger partial charge < -0.3 is 19.5 Å². The summed E-state index contributed by atoms with van der Waals surface area (Å²) < 4.78 is 34.6. The number of amides is 1. The van der Waals surface area contributed by atoms with E-state index in [1.807, 2.05) is 0 Å². The number of carboxylic acid groups (broad SMARTS) is 1. The molecular weight excluding hydrogens is 324 g/mol. The molecule has 1 saturated heterocycles.